The lowest BCUT2D eigenvalue weighted by molar-refractivity contribution is 0.0701. The van der Waals surface area contributed by atoms with Crippen LogP contribution in [0.25, 0.3) is 16.2 Å². The molecule has 0 fully saturated rings. The van der Waals surface area contributed by atoms with E-state index in [1.54, 1.807) is 19.1 Å². The third-order valence-electron chi connectivity index (χ3n) is 3.32. The van der Waals surface area contributed by atoms with Gasteiger partial charge < -0.3 is 5.11 Å². The van der Waals surface area contributed by atoms with E-state index in [0.29, 0.717) is 25.6 Å². The molecule has 2 heterocycles. The molecule has 4 nitrogen and oxygen atoms in total. The van der Waals surface area contributed by atoms with Gasteiger partial charge in [-0.25, -0.2) is 9.78 Å². The molecule has 0 spiro atoms. The third-order valence-corrected chi connectivity index (χ3v) is 5.19. The molecule has 0 aliphatic carbocycles. The molecule has 0 saturated heterocycles. The van der Waals surface area contributed by atoms with Crippen LogP contribution < -0.4 is 0 Å². The minimum absolute atomic E-state index is 0.307. The quantitative estimate of drug-likeness (QED) is 0.736. The van der Waals surface area contributed by atoms with Gasteiger partial charge in [0.25, 0.3) is 0 Å². The Balaban J connectivity index is 2.23. The molecule has 0 radical (unpaired) electrons. The Morgan fingerprint density at radius 2 is 1.95 bits per heavy atom. The van der Waals surface area contributed by atoms with Gasteiger partial charge in [-0.05, 0) is 26.0 Å². The summed E-state index contributed by atoms with van der Waals surface area (Å²) in [6, 6.07) is 5.33. The van der Waals surface area contributed by atoms with Crippen LogP contribution in [0.1, 0.15) is 21.1 Å². The van der Waals surface area contributed by atoms with E-state index < -0.39 is 5.97 Å². The summed E-state index contributed by atoms with van der Waals surface area (Å²) in [6.45, 7) is 3.68. The van der Waals surface area contributed by atoms with Crippen LogP contribution in [-0.4, -0.2) is 20.5 Å². The predicted octanol–water partition coefficient (Wildman–Crippen LogP) is 4.68. The van der Waals surface area contributed by atoms with Crippen molar-refractivity contribution in [2.75, 3.05) is 0 Å². The van der Waals surface area contributed by atoms with E-state index in [0.717, 1.165) is 28.3 Å². The lowest BCUT2D eigenvalue weighted by Crippen LogP contribution is -1.98. The number of thiazole rings is 1. The number of rotatable bonds is 2. The van der Waals surface area contributed by atoms with Crippen molar-refractivity contribution in [2.45, 2.75) is 13.8 Å². The van der Waals surface area contributed by atoms with Crippen LogP contribution in [-0.2, 0) is 0 Å². The number of aromatic carboxylic acids is 1. The SMILES string of the molecule is Cc1c(-c2ccc(Cl)c(Cl)c2)nc2sc(C(=O)O)c(C)n12. The summed E-state index contributed by atoms with van der Waals surface area (Å²) >= 11 is 13.1. The molecule has 1 aromatic carbocycles. The summed E-state index contributed by atoms with van der Waals surface area (Å²) < 4.78 is 1.85. The van der Waals surface area contributed by atoms with E-state index in [9.17, 15) is 4.79 Å². The van der Waals surface area contributed by atoms with E-state index in [2.05, 4.69) is 4.98 Å². The maximum Gasteiger partial charge on any atom is 0.347 e. The first-order chi connectivity index (χ1) is 9.90. The van der Waals surface area contributed by atoms with Gasteiger partial charge in [-0.1, -0.05) is 40.6 Å². The van der Waals surface area contributed by atoms with Crippen LogP contribution in [0.2, 0.25) is 10.0 Å². The van der Waals surface area contributed by atoms with E-state index in [1.165, 1.54) is 0 Å². The fourth-order valence-electron chi connectivity index (χ4n) is 2.32. The molecule has 0 atom stereocenters. The van der Waals surface area contributed by atoms with E-state index in [-0.39, 0.29) is 0 Å². The summed E-state index contributed by atoms with van der Waals surface area (Å²) in [7, 11) is 0. The first-order valence-electron chi connectivity index (χ1n) is 6.07. The first-order valence-corrected chi connectivity index (χ1v) is 7.64. The van der Waals surface area contributed by atoms with Crippen molar-refractivity contribution in [3.8, 4) is 11.3 Å². The van der Waals surface area contributed by atoms with Gasteiger partial charge in [0.15, 0.2) is 4.96 Å². The monoisotopic (exact) mass is 340 g/mol. The molecular formula is C14H10Cl2N2O2S. The Bertz CT molecular complexity index is 883. The molecule has 108 valence electrons. The highest BCUT2D eigenvalue weighted by Gasteiger charge is 2.20. The smallest absolute Gasteiger partial charge is 0.347 e. The number of aromatic nitrogens is 2. The third kappa shape index (κ3) is 2.21. The largest absolute Gasteiger partial charge is 0.477 e. The van der Waals surface area contributed by atoms with E-state index >= 15 is 0 Å². The Morgan fingerprint density at radius 3 is 2.52 bits per heavy atom. The van der Waals surface area contributed by atoms with Gasteiger partial charge >= 0.3 is 5.97 Å². The Kier molecular flexibility index (Phi) is 3.43. The molecular weight excluding hydrogens is 331 g/mol. The maximum absolute atomic E-state index is 11.2. The highest BCUT2D eigenvalue weighted by Crippen LogP contribution is 2.33. The molecule has 2 aromatic heterocycles. The van der Waals surface area contributed by atoms with Crippen molar-refractivity contribution in [3.05, 3.63) is 44.5 Å². The van der Waals surface area contributed by atoms with Crippen molar-refractivity contribution in [2.24, 2.45) is 0 Å². The molecule has 1 N–H and O–H groups in total. The number of aryl methyl sites for hydroxylation is 2. The maximum atomic E-state index is 11.2. The van der Waals surface area contributed by atoms with Crippen LogP contribution in [0.15, 0.2) is 18.2 Å². The summed E-state index contributed by atoms with van der Waals surface area (Å²) in [5, 5.41) is 10.1. The summed E-state index contributed by atoms with van der Waals surface area (Å²) in [4.78, 5) is 16.7. The Morgan fingerprint density at radius 1 is 1.24 bits per heavy atom. The van der Waals surface area contributed by atoms with Crippen molar-refractivity contribution >= 4 is 45.5 Å². The number of benzene rings is 1. The Hall–Kier alpha value is -1.56. The van der Waals surface area contributed by atoms with Crippen molar-refractivity contribution in [1.29, 1.82) is 0 Å². The molecule has 7 heteroatoms. The average molecular weight is 341 g/mol. The zero-order chi connectivity index (χ0) is 15.3. The van der Waals surface area contributed by atoms with E-state index in [4.69, 9.17) is 28.3 Å². The second kappa shape index (κ2) is 5.02. The number of imidazole rings is 1. The standard InChI is InChI=1S/C14H10Cl2N2O2S/c1-6-11(8-3-4-9(15)10(16)5-8)17-14-18(6)7(2)12(21-14)13(19)20/h3-5H,1-2H3,(H,19,20). The normalized spacial score (nSPS) is 11.2. The van der Waals surface area contributed by atoms with E-state index in [1.807, 2.05) is 17.4 Å². The number of carbonyl (C=O) groups is 1. The number of carboxylic acid groups (broad SMARTS) is 1. The van der Waals surface area contributed by atoms with Crippen LogP contribution in [0.4, 0.5) is 0 Å². The van der Waals surface area contributed by atoms with Crippen LogP contribution in [0.5, 0.6) is 0 Å². The molecule has 0 aliphatic rings. The van der Waals surface area contributed by atoms with Crippen molar-refractivity contribution < 1.29 is 9.90 Å². The number of nitrogens with zero attached hydrogens (tertiary/aromatic N) is 2. The Labute approximate surface area is 134 Å². The molecule has 0 saturated carbocycles. The highest BCUT2D eigenvalue weighted by molar-refractivity contribution is 7.19. The van der Waals surface area contributed by atoms with Gasteiger partial charge in [0.05, 0.1) is 15.7 Å². The zero-order valence-corrected chi connectivity index (χ0v) is 13.5. The number of halogens is 2. The van der Waals surface area contributed by atoms with Gasteiger partial charge in [0.1, 0.15) is 4.88 Å². The van der Waals surface area contributed by atoms with Crippen molar-refractivity contribution in [3.63, 3.8) is 0 Å². The lowest BCUT2D eigenvalue weighted by atomic mass is 10.1. The summed E-state index contributed by atoms with van der Waals surface area (Å²) in [6.07, 6.45) is 0. The predicted molar refractivity (Wildman–Crippen MR) is 85.0 cm³/mol. The second-order valence-corrected chi connectivity index (χ2v) is 6.41. The fraction of sp³-hybridized carbons (Fsp3) is 0.143. The summed E-state index contributed by atoms with van der Waals surface area (Å²) in [5.74, 6) is -0.932. The lowest BCUT2D eigenvalue weighted by Gasteiger charge is -2.02. The molecule has 0 aliphatic heterocycles. The minimum atomic E-state index is -0.932. The molecule has 3 rings (SSSR count). The van der Waals surface area contributed by atoms with Gasteiger partial charge in [0, 0.05) is 17.0 Å². The van der Waals surface area contributed by atoms with Gasteiger partial charge in [-0.15, -0.1) is 0 Å². The fourth-order valence-corrected chi connectivity index (χ4v) is 3.63. The topological polar surface area (TPSA) is 54.6 Å². The first kappa shape index (κ1) is 14.4. The number of fused-ring (bicyclic) bond motifs is 1. The van der Waals surface area contributed by atoms with Crippen LogP contribution in [0.3, 0.4) is 0 Å². The molecule has 0 amide bonds. The number of hydrogen-bond acceptors (Lipinski definition) is 3. The number of hydrogen-bond donors (Lipinski definition) is 1. The minimum Gasteiger partial charge on any atom is -0.477 e. The molecule has 0 bridgehead atoms. The van der Waals surface area contributed by atoms with Crippen LogP contribution in [0, 0.1) is 13.8 Å². The van der Waals surface area contributed by atoms with Crippen molar-refractivity contribution in [1.82, 2.24) is 9.38 Å². The van der Waals surface area contributed by atoms with Gasteiger partial charge in [0.2, 0.25) is 0 Å². The average Bonchev–Trinajstić information content (AvgIpc) is 2.92. The van der Waals surface area contributed by atoms with Crippen LogP contribution >= 0.6 is 34.5 Å². The number of carboxylic acids is 1. The molecule has 3 aromatic rings. The summed E-state index contributed by atoms with van der Waals surface area (Å²) in [5.41, 5.74) is 3.19. The highest BCUT2D eigenvalue weighted by atomic mass is 35.5. The second-order valence-electron chi connectivity index (χ2n) is 4.61. The van der Waals surface area contributed by atoms with Gasteiger partial charge in [-0.3, -0.25) is 4.40 Å². The van der Waals surface area contributed by atoms with Gasteiger partial charge in [-0.2, -0.15) is 0 Å². The molecule has 0 unspecified atom stereocenters. The zero-order valence-electron chi connectivity index (χ0n) is 11.1. The molecule has 21 heavy (non-hydrogen) atoms.